The van der Waals surface area contributed by atoms with Crippen LogP contribution in [0.25, 0.3) is 0 Å². The van der Waals surface area contributed by atoms with Crippen molar-refractivity contribution in [3.05, 3.63) is 0 Å². The third-order valence-electron chi connectivity index (χ3n) is 2.28. The maximum Gasteiger partial charge on any atom is 0.236 e. The average Bonchev–Trinajstić information content (AvgIpc) is 2.30. The molecule has 0 aliphatic carbocycles. The Hall–Kier alpha value is -1.14. The molecule has 2 N–H and O–H groups in total. The fourth-order valence-electron chi connectivity index (χ4n) is 1.07. The van der Waals surface area contributed by atoms with Crippen LogP contribution in [0, 0.1) is 0 Å². The molecule has 0 saturated heterocycles. The van der Waals surface area contributed by atoms with Crippen LogP contribution >= 0.6 is 0 Å². The summed E-state index contributed by atoms with van der Waals surface area (Å²) in [6.07, 6.45) is 0.783. The van der Waals surface area contributed by atoms with Crippen LogP contribution in [0.1, 0.15) is 13.3 Å². The van der Waals surface area contributed by atoms with Crippen LogP contribution in [0.15, 0.2) is 0 Å². The van der Waals surface area contributed by atoms with Gasteiger partial charge < -0.3 is 15.0 Å². The summed E-state index contributed by atoms with van der Waals surface area (Å²) < 4.78 is 4.87. The summed E-state index contributed by atoms with van der Waals surface area (Å²) in [6, 6.07) is -0.374. The molecule has 0 saturated carbocycles. The molecular formula is C11H23N3O3. The van der Waals surface area contributed by atoms with Gasteiger partial charge in [-0.15, -0.1) is 0 Å². The van der Waals surface area contributed by atoms with Gasteiger partial charge >= 0.3 is 0 Å². The van der Waals surface area contributed by atoms with Crippen LogP contribution in [0.2, 0.25) is 0 Å². The van der Waals surface area contributed by atoms with Crippen molar-refractivity contribution >= 4 is 11.8 Å². The lowest BCUT2D eigenvalue weighted by molar-refractivity contribution is -0.128. The second-order valence-electron chi connectivity index (χ2n) is 4.03. The highest BCUT2D eigenvalue weighted by molar-refractivity contribution is 5.83. The molecule has 0 aromatic carbocycles. The topological polar surface area (TPSA) is 70.7 Å². The number of carbonyl (C=O) groups is 2. The maximum atomic E-state index is 11.5. The second kappa shape index (κ2) is 8.95. The Kier molecular flexibility index (Phi) is 8.35. The number of carbonyl (C=O) groups excluding carboxylic acids is 2. The molecule has 0 bridgehead atoms. The van der Waals surface area contributed by atoms with Gasteiger partial charge in [-0.3, -0.25) is 14.9 Å². The first kappa shape index (κ1) is 15.9. The van der Waals surface area contributed by atoms with E-state index in [1.165, 1.54) is 4.90 Å². The minimum Gasteiger partial charge on any atom is -0.385 e. The molecule has 1 atom stereocenters. The number of nitrogens with zero attached hydrogens (tertiary/aromatic N) is 1. The highest BCUT2D eigenvalue weighted by Gasteiger charge is 2.13. The molecule has 6 heteroatoms. The van der Waals surface area contributed by atoms with Gasteiger partial charge in [0.15, 0.2) is 0 Å². The zero-order chi connectivity index (χ0) is 13.3. The van der Waals surface area contributed by atoms with Crippen LogP contribution in [-0.2, 0) is 14.3 Å². The summed E-state index contributed by atoms with van der Waals surface area (Å²) in [5.74, 6) is -0.156. The van der Waals surface area contributed by atoms with E-state index in [0.717, 1.165) is 6.42 Å². The predicted molar refractivity (Wildman–Crippen MR) is 65.7 cm³/mol. The number of rotatable bonds is 8. The normalized spacial score (nSPS) is 12.0. The fourth-order valence-corrected chi connectivity index (χ4v) is 1.07. The molecule has 6 nitrogen and oxygen atoms in total. The largest absolute Gasteiger partial charge is 0.385 e. The third-order valence-corrected chi connectivity index (χ3v) is 2.28. The number of likely N-dealkylation sites (N-methyl/N-ethyl adjacent to an activating group) is 1. The Morgan fingerprint density at radius 3 is 2.53 bits per heavy atom. The van der Waals surface area contributed by atoms with E-state index < -0.39 is 0 Å². The monoisotopic (exact) mass is 245 g/mol. The molecule has 0 heterocycles. The zero-order valence-corrected chi connectivity index (χ0v) is 11.1. The first-order valence-electron chi connectivity index (χ1n) is 5.69. The molecule has 2 amide bonds. The molecule has 0 radical (unpaired) electrons. The van der Waals surface area contributed by atoms with Gasteiger partial charge in [-0.1, -0.05) is 0 Å². The summed E-state index contributed by atoms with van der Waals surface area (Å²) in [5, 5.41) is 5.63. The molecule has 0 aliphatic heterocycles. The molecule has 17 heavy (non-hydrogen) atoms. The van der Waals surface area contributed by atoms with Gasteiger partial charge in [0.05, 0.1) is 12.6 Å². The summed E-state index contributed by atoms with van der Waals surface area (Å²) >= 11 is 0. The van der Waals surface area contributed by atoms with Gasteiger partial charge in [-0.2, -0.15) is 0 Å². The lowest BCUT2D eigenvalue weighted by Crippen LogP contribution is -2.46. The van der Waals surface area contributed by atoms with Gasteiger partial charge in [-0.05, 0) is 13.3 Å². The van der Waals surface area contributed by atoms with Crippen LogP contribution in [-0.4, -0.2) is 63.7 Å². The maximum absolute atomic E-state index is 11.5. The Balaban J connectivity index is 3.71. The van der Waals surface area contributed by atoms with E-state index in [0.29, 0.717) is 13.2 Å². The van der Waals surface area contributed by atoms with E-state index in [1.807, 2.05) is 0 Å². The third kappa shape index (κ3) is 7.70. The zero-order valence-electron chi connectivity index (χ0n) is 11.1. The van der Waals surface area contributed by atoms with E-state index >= 15 is 0 Å². The Morgan fingerprint density at radius 2 is 2.00 bits per heavy atom. The Labute approximate surface area is 103 Å². The van der Waals surface area contributed by atoms with E-state index in [9.17, 15) is 9.59 Å². The van der Waals surface area contributed by atoms with Gasteiger partial charge in [0.25, 0.3) is 0 Å². The number of hydrogen-bond acceptors (Lipinski definition) is 4. The number of ether oxygens (including phenoxy) is 1. The Bertz CT molecular complexity index is 244. The predicted octanol–water partition coefficient (Wildman–Crippen LogP) is -0.795. The van der Waals surface area contributed by atoms with Gasteiger partial charge in [0.1, 0.15) is 0 Å². The molecule has 0 aliphatic rings. The van der Waals surface area contributed by atoms with Crippen molar-refractivity contribution < 1.29 is 14.3 Å². The van der Waals surface area contributed by atoms with E-state index in [-0.39, 0.29) is 24.4 Å². The van der Waals surface area contributed by atoms with Crippen molar-refractivity contribution in [3.63, 3.8) is 0 Å². The first-order valence-corrected chi connectivity index (χ1v) is 5.69. The molecule has 100 valence electrons. The SMILES string of the molecule is COCCCNC(=O)C(C)NCC(=O)N(C)C. The first-order chi connectivity index (χ1) is 7.99. The number of methoxy groups -OCH3 is 1. The van der Waals surface area contributed by atoms with Gasteiger partial charge in [-0.25, -0.2) is 0 Å². The van der Waals surface area contributed by atoms with Crippen molar-refractivity contribution in [1.82, 2.24) is 15.5 Å². The van der Waals surface area contributed by atoms with Crippen molar-refractivity contribution in [2.45, 2.75) is 19.4 Å². The molecule has 1 unspecified atom stereocenters. The van der Waals surface area contributed by atoms with Crippen molar-refractivity contribution in [3.8, 4) is 0 Å². The summed E-state index contributed by atoms with van der Waals surface area (Å²) in [7, 11) is 4.98. The molecule has 0 aromatic rings. The highest BCUT2D eigenvalue weighted by atomic mass is 16.5. The lowest BCUT2D eigenvalue weighted by atomic mass is 10.3. The van der Waals surface area contributed by atoms with Crippen LogP contribution in [0.4, 0.5) is 0 Å². The summed E-state index contributed by atoms with van der Waals surface area (Å²) in [4.78, 5) is 24.3. The van der Waals surface area contributed by atoms with E-state index in [2.05, 4.69) is 10.6 Å². The van der Waals surface area contributed by atoms with Crippen molar-refractivity contribution in [2.24, 2.45) is 0 Å². The van der Waals surface area contributed by atoms with Gasteiger partial charge in [0, 0.05) is 34.4 Å². The number of hydrogen-bond donors (Lipinski definition) is 2. The smallest absolute Gasteiger partial charge is 0.236 e. The second-order valence-corrected chi connectivity index (χ2v) is 4.03. The summed E-state index contributed by atoms with van der Waals surface area (Å²) in [6.45, 7) is 3.11. The molecular weight excluding hydrogens is 222 g/mol. The molecule has 0 aromatic heterocycles. The van der Waals surface area contributed by atoms with Crippen LogP contribution in [0.3, 0.4) is 0 Å². The molecule has 0 spiro atoms. The Morgan fingerprint density at radius 1 is 1.35 bits per heavy atom. The van der Waals surface area contributed by atoms with E-state index in [4.69, 9.17) is 4.74 Å². The highest BCUT2D eigenvalue weighted by Crippen LogP contribution is 1.85. The fraction of sp³-hybridized carbons (Fsp3) is 0.818. The molecule has 0 rings (SSSR count). The summed E-state index contributed by atoms with van der Waals surface area (Å²) in [5.41, 5.74) is 0. The quantitative estimate of drug-likeness (QED) is 0.550. The molecule has 0 fully saturated rings. The number of amides is 2. The van der Waals surface area contributed by atoms with Crippen LogP contribution < -0.4 is 10.6 Å². The standard InChI is InChI=1S/C11H23N3O3/c1-9(13-8-10(15)14(2)3)11(16)12-6-5-7-17-4/h9,13H,5-8H2,1-4H3,(H,12,16). The average molecular weight is 245 g/mol. The van der Waals surface area contributed by atoms with E-state index in [1.54, 1.807) is 28.1 Å². The van der Waals surface area contributed by atoms with Crippen molar-refractivity contribution in [2.75, 3.05) is 40.9 Å². The van der Waals surface area contributed by atoms with Gasteiger partial charge in [0.2, 0.25) is 11.8 Å². The lowest BCUT2D eigenvalue weighted by Gasteiger charge is -2.15. The minimum atomic E-state index is -0.374. The van der Waals surface area contributed by atoms with Crippen LogP contribution in [0.5, 0.6) is 0 Å². The minimum absolute atomic E-state index is 0.0518. The van der Waals surface area contributed by atoms with Crippen molar-refractivity contribution in [1.29, 1.82) is 0 Å². The number of nitrogens with one attached hydrogen (secondary N) is 2.